The molecule has 2 unspecified atom stereocenters. The average Bonchev–Trinajstić information content (AvgIpc) is 2.50. The molecule has 4 nitrogen and oxygen atoms in total. The van der Waals surface area contributed by atoms with Gasteiger partial charge in [0.25, 0.3) is 0 Å². The van der Waals surface area contributed by atoms with Gasteiger partial charge in [-0.1, -0.05) is 0 Å². The summed E-state index contributed by atoms with van der Waals surface area (Å²) in [6, 6.07) is 0. The van der Waals surface area contributed by atoms with Crippen molar-refractivity contribution in [3.63, 3.8) is 0 Å². The van der Waals surface area contributed by atoms with Crippen molar-refractivity contribution in [3.05, 3.63) is 0 Å². The zero-order valence-electron chi connectivity index (χ0n) is 7.94. The van der Waals surface area contributed by atoms with Gasteiger partial charge in [-0.25, -0.2) is 0 Å². The highest BCUT2D eigenvalue weighted by Gasteiger charge is 2.26. The second-order valence-corrected chi connectivity index (χ2v) is 3.69. The maximum Gasteiger partial charge on any atom is 0.310 e. The predicted molar refractivity (Wildman–Crippen MR) is 48.5 cm³/mol. The summed E-state index contributed by atoms with van der Waals surface area (Å²) in [6.45, 7) is 3.95. The van der Waals surface area contributed by atoms with Crippen LogP contribution in [0.3, 0.4) is 0 Å². The fourth-order valence-corrected chi connectivity index (χ4v) is 1.68. The smallest absolute Gasteiger partial charge is 0.310 e. The van der Waals surface area contributed by atoms with Crippen LogP contribution in [0.2, 0.25) is 0 Å². The van der Waals surface area contributed by atoms with Crippen LogP contribution in [0.4, 0.5) is 0 Å². The van der Waals surface area contributed by atoms with Gasteiger partial charge in [-0.05, 0) is 32.9 Å². The van der Waals surface area contributed by atoms with E-state index >= 15 is 0 Å². The molecule has 0 aromatic rings. The number of aliphatic hydroxyl groups is 1. The number of carboxylic acids is 1. The van der Waals surface area contributed by atoms with E-state index in [1.807, 2.05) is 0 Å². The Morgan fingerprint density at radius 1 is 1.46 bits per heavy atom. The van der Waals surface area contributed by atoms with Gasteiger partial charge in [0.2, 0.25) is 0 Å². The molecule has 1 fully saturated rings. The van der Waals surface area contributed by atoms with Crippen LogP contribution in [0.5, 0.6) is 0 Å². The molecule has 0 spiro atoms. The maximum atomic E-state index is 10.7. The van der Waals surface area contributed by atoms with E-state index in [1.54, 1.807) is 0 Å². The summed E-state index contributed by atoms with van der Waals surface area (Å²) in [5.41, 5.74) is 0. The number of aliphatic hydroxyl groups excluding tert-OH is 1. The van der Waals surface area contributed by atoms with Gasteiger partial charge in [0.1, 0.15) is 0 Å². The first-order valence-electron chi connectivity index (χ1n) is 4.74. The lowest BCUT2D eigenvalue weighted by Crippen LogP contribution is -2.37. The maximum absolute atomic E-state index is 10.7. The average molecular weight is 187 g/mol. The lowest BCUT2D eigenvalue weighted by molar-refractivity contribution is -0.146. The molecule has 2 N–H and O–H groups in total. The van der Waals surface area contributed by atoms with Gasteiger partial charge in [0.05, 0.1) is 12.0 Å². The molecular weight excluding hydrogens is 170 g/mol. The van der Waals surface area contributed by atoms with E-state index in [4.69, 9.17) is 5.11 Å². The Bertz CT molecular complexity index is 176. The monoisotopic (exact) mass is 187 g/mol. The number of carbonyl (C=O) groups is 1. The van der Waals surface area contributed by atoms with E-state index in [9.17, 15) is 9.90 Å². The van der Waals surface area contributed by atoms with Gasteiger partial charge < -0.3 is 15.1 Å². The summed E-state index contributed by atoms with van der Waals surface area (Å²) in [4.78, 5) is 12.8. The molecule has 0 radical (unpaired) electrons. The third kappa shape index (κ3) is 2.97. The van der Waals surface area contributed by atoms with E-state index < -0.39 is 18.0 Å². The van der Waals surface area contributed by atoms with Crippen molar-refractivity contribution >= 4 is 5.97 Å². The Morgan fingerprint density at radius 2 is 2.00 bits per heavy atom. The van der Waals surface area contributed by atoms with Crippen LogP contribution in [-0.2, 0) is 4.79 Å². The Morgan fingerprint density at radius 3 is 2.38 bits per heavy atom. The molecule has 0 bridgehead atoms. The van der Waals surface area contributed by atoms with Crippen molar-refractivity contribution in [1.82, 2.24) is 4.90 Å². The molecule has 0 saturated carbocycles. The molecule has 0 aromatic heterocycles. The lowest BCUT2D eigenvalue weighted by atomic mass is 10.0. The Kier molecular flexibility index (Phi) is 3.69. The summed E-state index contributed by atoms with van der Waals surface area (Å²) in [6.07, 6.45) is 1.52. The minimum absolute atomic E-state index is 0.479. The van der Waals surface area contributed by atoms with E-state index in [-0.39, 0.29) is 0 Å². The van der Waals surface area contributed by atoms with Crippen molar-refractivity contribution in [2.45, 2.75) is 25.9 Å². The number of carboxylic acid groups (broad SMARTS) is 1. The van der Waals surface area contributed by atoms with E-state index in [2.05, 4.69) is 4.90 Å². The van der Waals surface area contributed by atoms with Gasteiger partial charge in [-0.15, -0.1) is 0 Å². The van der Waals surface area contributed by atoms with Crippen molar-refractivity contribution < 1.29 is 15.0 Å². The zero-order chi connectivity index (χ0) is 9.84. The highest BCUT2D eigenvalue weighted by Crippen LogP contribution is 2.13. The van der Waals surface area contributed by atoms with Gasteiger partial charge in [-0.2, -0.15) is 0 Å². The normalized spacial score (nSPS) is 22.9. The van der Waals surface area contributed by atoms with E-state index in [0.29, 0.717) is 6.54 Å². The Hall–Kier alpha value is -0.610. The first-order chi connectivity index (χ1) is 6.11. The summed E-state index contributed by atoms with van der Waals surface area (Å²) in [5.74, 6) is -1.54. The van der Waals surface area contributed by atoms with E-state index in [0.717, 1.165) is 25.9 Å². The largest absolute Gasteiger partial charge is 0.481 e. The first kappa shape index (κ1) is 10.5. The van der Waals surface area contributed by atoms with Crippen molar-refractivity contribution in [2.75, 3.05) is 19.6 Å². The SMILES string of the molecule is CC(O)C(CN1CCCC1)C(=O)O. The third-order valence-electron chi connectivity index (χ3n) is 2.55. The number of nitrogens with zero attached hydrogens (tertiary/aromatic N) is 1. The molecule has 13 heavy (non-hydrogen) atoms. The van der Waals surface area contributed by atoms with Crippen LogP contribution in [0, 0.1) is 5.92 Å². The Labute approximate surface area is 78.2 Å². The Balaban J connectivity index is 2.41. The topological polar surface area (TPSA) is 60.8 Å². The number of hydrogen-bond donors (Lipinski definition) is 2. The quantitative estimate of drug-likeness (QED) is 0.658. The molecule has 1 aliphatic heterocycles. The highest BCUT2D eigenvalue weighted by atomic mass is 16.4. The standard InChI is InChI=1S/C9H17NO3/c1-7(11)8(9(12)13)6-10-4-2-3-5-10/h7-8,11H,2-6H2,1H3,(H,12,13). The summed E-state index contributed by atoms with van der Waals surface area (Å²) in [7, 11) is 0. The fraction of sp³-hybridized carbons (Fsp3) is 0.889. The highest BCUT2D eigenvalue weighted by molar-refractivity contribution is 5.70. The molecule has 0 amide bonds. The van der Waals surface area contributed by atoms with Crippen LogP contribution in [0.1, 0.15) is 19.8 Å². The van der Waals surface area contributed by atoms with Gasteiger partial charge in [0, 0.05) is 6.54 Å². The first-order valence-corrected chi connectivity index (χ1v) is 4.74. The molecule has 1 heterocycles. The molecule has 1 aliphatic rings. The second kappa shape index (κ2) is 4.58. The van der Waals surface area contributed by atoms with Crippen molar-refractivity contribution in [1.29, 1.82) is 0 Å². The van der Waals surface area contributed by atoms with Crippen molar-refractivity contribution in [3.8, 4) is 0 Å². The van der Waals surface area contributed by atoms with Gasteiger partial charge in [0.15, 0.2) is 0 Å². The minimum atomic E-state index is -0.901. The number of aliphatic carboxylic acids is 1. The molecule has 1 saturated heterocycles. The molecule has 0 aromatic carbocycles. The summed E-state index contributed by atoms with van der Waals surface area (Å²) >= 11 is 0. The molecule has 2 atom stereocenters. The second-order valence-electron chi connectivity index (χ2n) is 3.69. The summed E-state index contributed by atoms with van der Waals surface area (Å²) in [5, 5.41) is 18.1. The third-order valence-corrected chi connectivity index (χ3v) is 2.55. The van der Waals surface area contributed by atoms with Crippen LogP contribution in [0.25, 0.3) is 0 Å². The molecule has 0 aliphatic carbocycles. The number of rotatable bonds is 4. The predicted octanol–water partition coefficient (Wildman–Crippen LogP) is 0.164. The van der Waals surface area contributed by atoms with Gasteiger partial charge in [-0.3, -0.25) is 4.79 Å². The fourth-order valence-electron chi connectivity index (χ4n) is 1.68. The van der Waals surface area contributed by atoms with Crippen molar-refractivity contribution in [2.24, 2.45) is 5.92 Å². The lowest BCUT2D eigenvalue weighted by Gasteiger charge is -2.21. The molecule has 76 valence electrons. The van der Waals surface area contributed by atoms with Crippen LogP contribution >= 0.6 is 0 Å². The minimum Gasteiger partial charge on any atom is -0.481 e. The molecular formula is C9H17NO3. The van der Waals surface area contributed by atoms with Gasteiger partial charge >= 0.3 is 5.97 Å². The number of likely N-dealkylation sites (tertiary alicyclic amines) is 1. The van der Waals surface area contributed by atoms with E-state index in [1.165, 1.54) is 6.92 Å². The molecule has 4 heteroatoms. The van der Waals surface area contributed by atoms with Crippen LogP contribution in [0.15, 0.2) is 0 Å². The summed E-state index contributed by atoms with van der Waals surface area (Å²) < 4.78 is 0. The molecule has 1 rings (SSSR count). The van der Waals surface area contributed by atoms with Crippen LogP contribution in [-0.4, -0.2) is 46.8 Å². The zero-order valence-corrected chi connectivity index (χ0v) is 7.94. The van der Waals surface area contributed by atoms with Crippen LogP contribution < -0.4 is 0 Å². The number of hydrogen-bond acceptors (Lipinski definition) is 3.